The van der Waals surface area contributed by atoms with Crippen LogP contribution in [0.3, 0.4) is 0 Å². The third kappa shape index (κ3) is 1.23. The van der Waals surface area contributed by atoms with Gasteiger partial charge in [-0.25, -0.2) is 8.78 Å². The van der Waals surface area contributed by atoms with Crippen LogP contribution >= 0.6 is 0 Å². The summed E-state index contributed by atoms with van der Waals surface area (Å²) >= 11 is 0. The van der Waals surface area contributed by atoms with Gasteiger partial charge in [0.2, 0.25) is 0 Å². The lowest BCUT2D eigenvalue weighted by atomic mass is 9.87. The van der Waals surface area contributed by atoms with Gasteiger partial charge in [0.15, 0.2) is 0 Å². The Bertz CT molecular complexity index is 191. The van der Waals surface area contributed by atoms with E-state index in [1.807, 2.05) is 0 Å². The first kappa shape index (κ1) is 8.38. The first-order chi connectivity index (χ1) is 5.58. The zero-order valence-corrected chi connectivity index (χ0v) is 6.82. The quantitative estimate of drug-likeness (QED) is 0.619. The minimum Gasteiger partial charge on any atom is -0.396 e. The molecule has 1 aliphatic heterocycles. The predicted octanol–water partition coefficient (Wildman–Crippen LogP) is 0.756. The fraction of sp³-hybridized carbons (Fsp3) is 1.00. The molecule has 0 bridgehead atoms. The van der Waals surface area contributed by atoms with Gasteiger partial charge in [-0.2, -0.15) is 0 Å². The Kier molecular flexibility index (Phi) is 1.67. The molecule has 2 N–H and O–H groups in total. The van der Waals surface area contributed by atoms with E-state index in [1.165, 1.54) is 0 Å². The summed E-state index contributed by atoms with van der Waals surface area (Å²) in [6.45, 7) is -0.341. The molecule has 1 heterocycles. The summed E-state index contributed by atoms with van der Waals surface area (Å²) in [5.74, 6) is -2.87. The maximum absolute atomic E-state index is 12.8. The molecule has 4 heteroatoms. The Morgan fingerprint density at radius 2 is 2.08 bits per heavy atom. The second-order valence-corrected chi connectivity index (χ2v) is 3.95. The highest BCUT2D eigenvalue weighted by atomic mass is 19.3. The van der Waals surface area contributed by atoms with Crippen LogP contribution in [-0.4, -0.2) is 29.7 Å². The zero-order valence-electron chi connectivity index (χ0n) is 6.82. The number of hydrogen-bond donors (Lipinski definition) is 2. The van der Waals surface area contributed by atoms with E-state index >= 15 is 0 Å². The summed E-state index contributed by atoms with van der Waals surface area (Å²) in [5, 5.41) is 11.8. The topological polar surface area (TPSA) is 32.3 Å². The first-order valence-electron chi connectivity index (χ1n) is 4.32. The average Bonchev–Trinajstić information content (AvgIpc) is 2.77. The standard InChI is InChI=1S/C8H13F2NO/c9-8(10)3-6(4-12)7(1-2-7)11-5-8/h6,11-12H,1-5H2. The van der Waals surface area contributed by atoms with Gasteiger partial charge in [-0.05, 0) is 12.8 Å². The van der Waals surface area contributed by atoms with Crippen LogP contribution in [0.1, 0.15) is 19.3 Å². The second kappa shape index (κ2) is 2.39. The molecule has 0 amide bonds. The summed E-state index contributed by atoms with van der Waals surface area (Å²) < 4.78 is 25.7. The third-order valence-corrected chi connectivity index (χ3v) is 3.03. The summed E-state index contributed by atoms with van der Waals surface area (Å²) in [5.41, 5.74) is -0.129. The van der Waals surface area contributed by atoms with E-state index in [-0.39, 0.29) is 31.0 Å². The molecule has 1 saturated heterocycles. The minimum atomic E-state index is -2.62. The number of piperidine rings is 1. The molecule has 1 spiro atoms. The fourth-order valence-electron chi connectivity index (χ4n) is 2.04. The summed E-state index contributed by atoms with van der Waals surface area (Å²) in [4.78, 5) is 0. The number of hydrogen-bond acceptors (Lipinski definition) is 2. The van der Waals surface area contributed by atoms with E-state index in [2.05, 4.69) is 5.32 Å². The number of aliphatic hydroxyl groups is 1. The maximum Gasteiger partial charge on any atom is 0.260 e. The van der Waals surface area contributed by atoms with Gasteiger partial charge in [-0.1, -0.05) is 0 Å². The molecule has 2 rings (SSSR count). The highest BCUT2D eigenvalue weighted by Crippen LogP contribution is 2.48. The Morgan fingerprint density at radius 3 is 2.58 bits per heavy atom. The van der Waals surface area contributed by atoms with E-state index in [4.69, 9.17) is 5.11 Å². The summed E-state index contributed by atoms with van der Waals surface area (Å²) in [7, 11) is 0. The SMILES string of the molecule is OCC1CC(F)(F)CNC12CC2. The minimum absolute atomic E-state index is 0.122. The van der Waals surface area contributed by atoms with Gasteiger partial charge in [0.25, 0.3) is 5.92 Å². The van der Waals surface area contributed by atoms with Crippen LogP contribution in [0.5, 0.6) is 0 Å². The van der Waals surface area contributed by atoms with Crippen molar-refractivity contribution in [3.05, 3.63) is 0 Å². The van der Waals surface area contributed by atoms with Crippen molar-refractivity contribution in [2.24, 2.45) is 5.92 Å². The third-order valence-electron chi connectivity index (χ3n) is 3.03. The van der Waals surface area contributed by atoms with Crippen molar-refractivity contribution in [2.45, 2.75) is 30.7 Å². The Morgan fingerprint density at radius 1 is 1.42 bits per heavy atom. The molecule has 0 aromatic rings. The molecule has 1 unspecified atom stereocenters. The molecule has 12 heavy (non-hydrogen) atoms. The molecule has 1 atom stereocenters. The normalized spacial score (nSPS) is 36.8. The van der Waals surface area contributed by atoms with Crippen molar-refractivity contribution in [3.8, 4) is 0 Å². The van der Waals surface area contributed by atoms with Crippen LogP contribution < -0.4 is 5.32 Å². The van der Waals surface area contributed by atoms with Gasteiger partial charge in [-0.3, -0.25) is 0 Å². The average molecular weight is 177 g/mol. The van der Waals surface area contributed by atoms with E-state index < -0.39 is 5.92 Å². The smallest absolute Gasteiger partial charge is 0.260 e. The highest BCUT2D eigenvalue weighted by Gasteiger charge is 2.56. The number of alkyl halides is 2. The van der Waals surface area contributed by atoms with Gasteiger partial charge >= 0.3 is 0 Å². The zero-order chi connectivity index (χ0) is 8.82. The number of aliphatic hydroxyl groups excluding tert-OH is 1. The molecule has 1 aliphatic carbocycles. The predicted molar refractivity (Wildman–Crippen MR) is 40.1 cm³/mol. The van der Waals surface area contributed by atoms with Crippen molar-refractivity contribution in [1.82, 2.24) is 5.32 Å². The van der Waals surface area contributed by atoms with Crippen molar-refractivity contribution in [1.29, 1.82) is 0 Å². The molecular formula is C8H13F2NO. The van der Waals surface area contributed by atoms with Crippen LogP contribution in [0.2, 0.25) is 0 Å². The largest absolute Gasteiger partial charge is 0.396 e. The van der Waals surface area contributed by atoms with Crippen molar-refractivity contribution < 1.29 is 13.9 Å². The Hall–Kier alpha value is -0.220. The lowest BCUT2D eigenvalue weighted by Crippen LogP contribution is -2.53. The van der Waals surface area contributed by atoms with Crippen molar-refractivity contribution in [3.63, 3.8) is 0 Å². The molecule has 2 nitrogen and oxygen atoms in total. The monoisotopic (exact) mass is 177 g/mol. The molecule has 70 valence electrons. The van der Waals surface area contributed by atoms with Crippen molar-refractivity contribution in [2.75, 3.05) is 13.2 Å². The van der Waals surface area contributed by atoms with E-state index in [0.29, 0.717) is 0 Å². The van der Waals surface area contributed by atoms with Gasteiger partial charge in [0.1, 0.15) is 0 Å². The number of halogens is 2. The van der Waals surface area contributed by atoms with Crippen LogP contribution in [-0.2, 0) is 0 Å². The lowest BCUT2D eigenvalue weighted by molar-refractivity contribution is -0.0661. The molecule has 2 aliphatic rings. The van der Waals surface area contributed by atoms with Gasteiger partial charge in [0, 0.05) is 24.5 Å². The van der Waals surface area contributed by atoms with E-state index in [1.54, 1.807) is 0 Å². The van der Waals surface area contributed by atoms with E-state index in [9.17, 15) is 8.78 Å². The molecular weight excluding hydrogens is 164 g/mol. The van der Waals surface area contributed by atoms with Gasteiger partial charge in [0.05, 0.1) is 6.54 Å². The van der Waals surface area contributed by atoms with Crippen molar-refractivity contribution >= 4 is 0 Å². The van der Waals surface area contributed by atoms with Gasteiger partial charge in [-0.15, -0.1) is 0 Å². The second-order valence-electron chi connectivity index (χ2n) is 3.95. The van der Waals surface area contributed by atoms with Crippen LogP contribution in [0.4, 0.5) is 8.78 Å². The highest BCUT2D eigenvalue weighted by molar-refractivity contribution is 5.10. The molecule has 0 aromatic carbocycles. The van der Waals surface area contributed by atoms with Crippen LogP contribution in [0, 0.1) is 5.92 Å². The van der Waals surface area contributed by atoms with Crippen LogP contribution in [0.15, 0.2) is 0 Å². The van der Waals surface area contributed by atoms with Crippen LogP contribution in [0.25, 0.3) is 0 Å². The summed E-state index contributed by atoms with van der Waals surface area (Å²) in [6.07, 6.45) is 1.72. The molecule has 2 fully saturated rings. The lowest BCUT2D eigenvalue weighted by Gasteiger charge is -2.36. The maximum atomic E-state index is 12.8. The number of rotatable bonds is 1. The molecule has 0 aromatic heterocycles. The first-order valence-corrected chi connectivity index (χ1v) is 4.32. The van der Waals surface area contributed by atoms with Gasteiger partial charge < -0.3 is 10.4 Å². The number of nitrogens with one attached hydrogen (secondary N) is 1. The Labute approximate surface area is 70.0 Å². The molecule has 1 saturated carbocycles. The Balaban J connectivity index is 2.06. The summed E-state index contributed by atoms with van der Waals surface area (Å²) in [6, 6.07) is 0. The fourth-order valence-corrected chi connectivity index (χ4v) is 2.04. The van der Waals surface area contributed by atoms with E-state index in [0.717, 1.165) is 12.8 Å². The molecule has 0 radical (unpaired) electrons.